The van der Waals surface area contributed by atoms with Gasteiger partial charge in [0.1, 0.15) is 12.4 Å². The topological polar surface area (TPSA) is 69.0 Å². The van der Waals surface area contributed by atoms with Gasteiger partial charge in [-0.15, -0.1) is 0 Å². The Morgan fingerprint density at radius 2 is 1.88 bits per heavy atom. The van der Waals surface area contributed by atoms with E-state index < -0.39 is 0 Å². The SMILES string of the molecule is c1ccc(Cn2ncnc2C2COCCN2c2ncccn2)cc1. The summed E-state index contributed by atoms with van der Waals surface area (Å²) >= 11 is 0. The zero-order valence-electron chi connectivity index (χ0n) is 13.2. The maximum Gasteiger partial charge on any atom is 0.226 e. The van der Waals surface area contributed by atoms with Gasteiger partial charge in [-0.25, -0.2) is 19.6 Å². The van der Waals surface area contributed by atoms with Crippen LogP contribution in [0.5, 0.6) is 0 Å². The Hall–Kier alpha value is -2.80. The fourth-order valence-electron chi connectivity index (χ4n) is 2.91. The molecule has 3 aromatic rings. The van der Waals surface area contributed by atoms with Gasteiger partial charge >= 0.3 is 0 Å². The molecule has 1 unspecified atom stereocenters. The molecular formula is C17H18N6O. The third-order valence-corrected chi connectivity index (χ3v) is 4.06. The molecular weight excluding hydrogens is 304 g/mol. The van der Waals surface area contributed by atoms with E-state index in [1.165, 1.54) is 5.56 Å². The number of ether oxygens (including phenoxy) is 1. The predicted octanol–water partition coefficient (Wildman–Crippen LogP) is 1.69. The summed E-state index contributed by atoms with van der Waals surface area (Å²) in [4.78, 5) is 15.4. The van der Waals surface area contributed by atoms with Crippen molar-refractivity contribution >= 4 is 5.95 Å². The quantitative estimate of drug-likeness (QED) is 0.728. The highest BCUT2D eigenvalue weighted by Crippen LogP contribution is 2.26. The molecule has 1 atom stereocenters. The van der Waals surface area contributed by atoms with E-state index in [-0.39, 0.29) is 6.04 Å². The van der Waals surface area contributed by atoms with Crippen molar-refractivity contribution in [1.82, 2.24) is 24.7 Å². The number of aromatic nitrogens is 5. The van der Waals surface area contributed by atoms with Gasteiger partial charge in [0, 0.05) is 18.9 Å². The zero-order chi connectivity index (χ0) is 16.2. The van der Waals surface area contributed by atoms with Gasteiger partial charge < -0.3 is 9.64 Å². The van der Waals surface area contributed by atoms with Gasteiger partial charge in [-0.2, -0.15) is 5.10 Å². The largest absolute Gasteiger partial charge is 0.377 e. The maximum atomic E-state index is 5.68. The summed E-state index contributed by atoms with van der Waals surface area (Å²) in [5.41, 5.74) is 1.18. The van der Waals surface area contributed by atoms with Crippen LogP contribution >= 0.6 is 0 Å². The lowest BCUT2D eigenvalue weighted by Gasteiger charge is -2.34. The third-order valence-electron chi connectivity index (χ3n) is 4.06. The van der Waals surface area contributed by atoms with Crippen LogP contribution < -0.4 is 4.90 Å². The van der Waals surface area contributed by atoms with Gasteiger partial charge in [0.2, 0.25) is 5.95 Å². The Labute approximate surface area is 140 Å². The van der Waals surface area contributed by atoms with E-state index in [0.29, 0.717) is 25.7 Å². The summed E-state index contributed by atoms with van der Waals surface area (Å²) in [6, 6.07) is 12.0. The van der Waals surface area contributed by atoms with Gasteiger partial charge in [-0.3, -0.25) is 0 Å². The van der Waals surface area contributed by atoms with Crippen LogP contribution in [-0.2, 0) is 11.3 Å². The smallest absolute Gasteiger partial charge is 0.226 e. The first-order valence-electron chi connectivity index (χ1n) is 7.95. The number of anilines is 1. The van der Waals surface area contributed by atoms with Crippen LogP contribution in [0.3, 0.4) is 0 Å². The number of benzene rings is 1. The summed E-state index contributed by atoms with van der Waals surface area (Å²) in [5.74, 6) is 1.56. The van der Waals surface area contributed by atoms with Gasteiger partial charge in [-0.05, 0) is 11.6 Å². The Morgan fingerprint density at radius 1 is 1.04 bits per heavy atom. The number of hydrogen-bond donors (Lipinski definition) is 0. The lowest BCUT2D eigenvalue weighted by atomic mass is 10.2. The van der Waals surface area contributed by atoms with Crippen molar-refractivity contribution in [2.75, 3.05) is 24.7 Å². The molecule has 0 saturated carbocycles. The molecule has 7 nitrogen and oxygen atoms in total. The standard InChI is InChI=1S/C17H18N6O/c1-2-5-14(6-3-1)11-23-16(20-13-21-23)15-12-24-10-9-22(15)17-18-7-4-8-19-17/h1-8,13,15H,9-12H2. The van der Waals surface area contributed by atoms with Gasteiger partial charge in [0.25, 0.3) is 0 Å². The summed E-state index contributed by atoms with van der Waals surface area (Å²) < 4.78 is 7.61. The van der Waals surface area contributed by atoms with Gasteiger partial charge in [-0.1, -0.05) is 30.3 Å². The van der Waals surface area contributed by atoms with E-state index in [1.54, 1.807) is 18.7 Å². The van der Waals surface area contributed by atoms with Crippen LogP contribution in [-0.4, -0.2) is 44.5 Å². The normalized spacial score (nSPS) is 17.8. The van der Waals surface area contributed by atoms with Crippen molar-refractivity contribution in [3.05, 3.63) is 66.5 Å². The average Bonchev–Trinajstić information content (AvgIpc) is 3.11. The zero-order valence-corrected chi connectivity index (χ0v) is 13.2. The fraction of sp³-hybridized carbons (Fsp3) is 0.294. The van der Waals surface area contributed by atoms with Crippen LogP contribution in [0.2, 0.25) is 0 Å². The summed E-state index contributed by atoms with van der Waals surface area (Å²) in [6.45, 7) is 2.61. The molecule has 3 heterocycles. The summed E-state index contributed by atoms with van der Waals surface area (Å²) in [7, 11) is 0. The molecule has 0 aliphatic carbocycles. The molecule has 1 saturated heterocycles. The molecule has 0 radical (unpaired) electrons. The van der Waals surface area contributed by atoms with Gasteiger partial charge in [0.15, 0.2) is 5.82 Å². The van der Waals surface area contributed by atoms with E-state index in [9.17, 15) is 0 Å². The van der Waals surface area contributed by atoms with Crippen LogP contribution in [0.25, 0.3) is 0 Å². The number of nitrogens with zero attached hydrogens (tertiary/aromatic N) is 6. The summed E-state index contributed by atoms with van der Waals surface area (Å²) in [6.07, 6.45) is 5.10. The van der Waals surface area contributed by atoms with Crippen molar-refractivity contribution in [2.45, 2.75) is 12.6 Å². The number of rotatable bonds is 4. The Morgan fingerprint density at radius 3 is 2.71 bits per heavy atom. The van der Waals surface area contributed by atoms with E-state index in [1.807, 2.05) is 28.9 Å². The van der Waals surface area contributed by atoms with E-state index >= 15 is 0 Å². The molecule has 0 N–H and O–H groups in total. The Balaban J connectivity index is 1.63. The molecule has 24 heavy (non-hydrogen) atoms. The van der Waals surface area contributed by atoms with Crippen molar-refractivity contribution in [3.63, 3.8) is 0 Å². The molecule has 122 valence electrons. The minimum atomic E-state index is -0.0487. The highest BCUT2D eigenvalue weighted by atomic mass is 16.5. The second-order valence-corrected chi connectivity index (χ2v) is 5.59. The molecule has 1 aliphatic heterocycles. The highest BCUT2D eigenvalue weighted by Gasteiger charge is 2.30. The number of morpholine rings is 1. The lowest BCUT2D eigenvalue weighted by Crippen LogP contribution is -2.42. The van der Waals surface area contributed by atoms with E-state index in [4.69, 9.17) is 4.74 Å². The molecule has 2 aromatic heterocycles. The minimum absolute atomic E-state index is 0.0487. The first-order valence-corrected chi connectivity index (χ1v) is 7.95. The predicted molar refractivity (Wildman–Crippen MR) is 88.5 cm³/mol. The molecule has 0 amide bonds. The number of hydrogen-bond acceptors (Lipinski definition) is 6. The molecule has 1 fully saturated rings. The second kappa shape index (κ2) is 6.76. The molecule has 1 aromatic carbocycles. The Kier molecular flexibility index (Phi) is 4.16. The van der Waals surface area contributed by atoms with E-state index in [2.05, 4.69) is 37.1 Å². The first kappa shape index (κ1) is 14.8. The third kappa shape index (κ3) is 2.98. The van der Waals surface area contributed by atoms with Gasteiger partial charge in [0.05, 0.1) is 19.8 Å². The minimum Gasteiger partial charge on any atom is -0.377 e. The fourth-order valence-corrected chi connectivity index (χ4v) is 2.91. The van der Waals surface area contributed by atoms with Crippen molar-refractivity contribution < 1.29 is 4.74 Å². The monoisotopic (exact) mass is 322 g/mol. The lowest BCUT2D eigenvalue weighted by molar-refractivity contribution is 0.0895. The first-order chi connectivity index (χ1) is 11.9. The second-order valence-electron chi connectivity index (χ2n) is 5.59. The average molecular weight is 322 g/mol. The molecule has 0 bridgehead atoms. The maximum absolute atomic E-state index is 5.68. The van der Waals surface area contributed by atoms with Crippen LogP contribution in [0.1, 0.15) is 17.4 Å². The van der Waals surface area contributed by atoms with Crippen LogP contribution in [0.15, 0.2) is 55.1 Å². The van der Waals surface area contributed by atoms with Crippen molar-refractivity contribution in [3.8, 4) is 0 Å². The van der Waals surface area contributed by atoms with Crippen molar-refractivity contribution in [2.24, 2.45) is 0 Å². The Bertz CT molecular complexity index is 776. The van der Waals surface area contributed by atoms with Crippen LogP contribution in [0, 0.1) is 0 Å². The van der Waals surface area contributed by atoms with Crippen LogP contribution in [0.4, 0.5) is 5.95 Å². The molecule has 7 heteroatoms. The molecule has 4 rings (SSSR count). The highest BCUT2D eigenvalue weighted by molar-refractivity contribution is 5.33. The molecule has 1 aliphatic rings. The van der Waals surface area contributed by atoms with E-state index in [0.717, 1.165) is 12.4 Å². The summed E-state index contributed by atoms with van der Waals surface area (Å²) in [5, 5.41) is 4.40. The molecule has 0 spiro atoms. The van der Waals surface area contributed by atoms with Crippen molar-refractivity contribution in [1.29, 1.82) is 0 Å².